The number of hydrogen-bond donors (Lipinski definition) is 1. The van der Waals surface area contributed by atoms with Gasteiger partial charge in [-0.05, 0) is 12.3 Å². The fourth-order valence-corrected chi connectivity index (χ4v) is 2.47. The Morgan fingerprint density at radius 3 is 2.12 bits per heavy atom. The molecule has 0 bridgehead atoms. The summed E-state index contributed by atoms with van der Waals surface area (Å²) in [5.74, 6) is 0.828. The number of rotatable bonds is 12. The number of unbranched alkanes of at least 4 members (excludes halogenated alkanes) is 5. The highest BCUT2D eigenvalue weighted by atomic mass is 32.1. The molecule has 0 N–H and O–H groups in total. The highest BCUT2D eigenvalue weighted by molar-refractivity contribution is 7.96. The van der Waals surface area contributed by atoms with Crippen molar-refractivity contribution in [3.63, 3.8) is 0 Å². The summed E-state index contributed by atoms with van der Waals surface area (Å²) < 4.78 is 0. The summed E-state index contributed by atoms with van der Waals surface area (Å²) in [6.45, 7) is 4.53. The van der Waals surface area contributed by atoms with Gasteiger partial charge >= 0.3 is 0 Å². The topological polar surface area (TPSA) is 17.1 Å². The van der Waals surface area contributed by atoms with Crippen molar-refractivity contribution in [3.8, 4) is 0 Å². The highest BCUT2D eigenvalue weighted by Crippen LogP contribution is 2.20. The first-order valence-electron chi connectivity index (χ1n) is 7.42. The first kappa shape index (κ1) is 17.0. The SMILES string of the molecule is CCCCCCCCC(CC)CCCC(=O)S. The molecule has 0 radical (unpaired) electrons. The minimum Gasteiger partial charge on any atom is -0.288 e. The van der Waals surface area contributed by atoms with Crippen molar-refractivity contribution in [3.05, 3.63) is 0 Å². The van der Waals surface area contributed by atoms with Crippen LogP contribution in [0.4, 0.5) is 0 Å². The Morgan fingerprint density at radius 2 is 1.53 bits per heavy atom. The van der Waals surface area contributed by atoms with Crippen LogP contribution in [0.5, 0.6) is 0 Å². The molecule has 1 unspecified atom stereocenters. The quantitative estimate of drug-likeness (QED) is 0.367. The minimum absolute atomic E-state index is 0.0411. The number of thiol groups is 1. The first-order valence-corrected chi connectivity index (χ1v) is 7.87. The van der Waals surface area contributed by atoms with Gasteiger partial charge in [-0.15, -0.1) is 12.6 Å². The minimum atomic E-state index is 0.0411. The van der Waals surface area contributed by atoms with Crippen molar-refractivity contribution in [2.45, 2.75) is 84.5 Å². The molecule has 0 aromatic heterocycles. The molecule has 0 spiro atoms. The number of carbonyl (C=O) groups is 1. The number of hydrogen-bond acceptors (Lipinski definition) is 1. The summed E-state index contributed by atoms with van der Waals surface area (Å²) in [5.41, 5.74) is 0. The molecule has 0 aromatic carbocycles. The maximum atomic E-state index is 10.7. The van der Waals surface area contributed by atoms with E-state index < -0.39 is 0 Å². The van der Waals surface area contributed by atoms with Gasteiger partial charge in [-0.3, -0.25) is 4.79 Å². The summed E-state index contributed by atoms with van der Waals surface area (Å²) in [6, 6.07) is 0. The first-order chi connectivity index (χ1) is 8.20. The Morgan fingerprint density at radius 1 is 0.941 bits per heavy atom. The van der Waals surface area contributed by atoms with Gasteiger partial charge in [0, 0.05) is 6.42 Å². The molecule has 0 rings (SSSR count). The van der Waals surface area contributed by atoms with Crippen LogP contribution in [-0.2, 0) is 4.79 Å². The third kappa shape index (κ3) is 12.3. The van der Waals surface area contributed by atoms with Gasteiger partial charge in [0.15, 0.2) is 5.12 Å². The Balaban J connectivity index is 3.38. The molecule has 2 heteroatoms. The van der Waals surface area contributed by atoms with Crippen LogP contribution in [0.2, 0.25) is 0 Å². The van der Waals surface area contributed by atoms with Crippen molar-refractivity contribution in [1.82, 2.24) is 0 Å². The molecule has 17 heavy (non-hydrogen) atoms. The third-order valence-electron chi connectivity index (χ3n) is 3.55. The van der Waals surface area contributed by atoms with E-state index in [0.29, 0.717) is 6.42 Å². The van der Waals surface area contributed by atoms with E-state index in [1.54, 1.807) is 0 Å². The molecule has 0 saturated carbocycles. The monoisotopic (exact) mass is 258 g/mol. The Hall–Kier alpha value is 0.0200. The van der Waals surface area contributed by atoms with Crippen LogP contribution >= 0.6 is 12.6 Å². The molecule has 1 atom stereocenters. The highest BCUT2D eigenvalue weighted by Gasteiger charge is 2.06. The van der Waals surface area contributed by atoms with E-state index in [2.05, 4.69) is 26.5 Å². The van der Waals surface area contributed by atoms with Crippen molar-refractivity contribution in [2.75, 3.05) is 0 Å². The summed E-state index contributed by atoms with van der Waals surface area (Å²) in [7, 11) is 0. The lowest BCUT2D eigenvalue weighted by Gasteiger charge is -2.13. The summed E-state index contributed by atoms with van der Waals surface area (Å²) in [5, 5.41) is 0.0411. The zero-order valence-electron chi connectivity index (χ0n) is 11.7. The largest absolute Gasteiger partial charge is 0.288 e. The Kier molecular flexibility index (Phi) is 12.5. The van der Waals surface area contributed by atoms with Crippen LogP contribution in [0.25, 0.3) is 0 Å². The van der Waals surface area contributed by atoms with Crippen LogP contribution in [0.15, 0.2) is 0 Å². The fraction of sp³-hybridized carbons (Fsp3) is 0.933. The lowest BCUT2D eigenvalue weighted by Crippen LogP contribution is -2.00. The van der Waals surface area contributed by atoms with E-state index in [1.165, 1.54) is 57.8 Å². The van der Waals surface area contributed by atoms with Crippen LogP contribution in [-0.4, -0.2) is 5.12 Å². The zero-order chi connectivity index (χ0) is 12.9. The molecule has 0 saturated heterocycles. The Labute approximate surface area is 113 Å². The maximum absolute atomic E-state index is 10.7. The fourth-order valence-electron chi connectivity index (χ4n) is 2.31. The third-order valence-corrected chi connectivity index (χ3v) is 3.77. The molecule has 0 amide bonds. The van der Waals surface area contributed by atoms with Crippen LogP contribution in [0.1, 0.15) is 84.5 Å². The summed E-state index contributed by atoms with van der Waals surface area (Å²) in [6.07, 6.45) is 13.8. The lowest BCUT2D eigenvalue weighted by atomic mass is 9.93. The van der Waals surface area contributed by atoms with Crippen LogP contribution < -0.4 is 0 Å². The van der Waals surface area contributed by atoms with E-state index in [0.717, 1.165) is 12.3 Å². The molecule has 102 valence electrons. The molecule has 0 aliphatic carbocycles. The van der Waals surface area contributed by atoms with Crippen LogP contribution in [0, 0.1) is 5.92 Å². The molecule has 0 aliphatic heterocycles. The standard InChI is InChI=1S/C15H30OS/c1-3-5-6-7-8-9-11-14(4-2)12-10-13-15(16)17/h14H,3-13H2,1-2H3,(H,16,17). The van der Waals surface area contributed by atoms with Crippen LogP contribution in [0.3, 0.4) is 0 Å². The van der Waals surface area contributed by atoms with Gasteiger partial charge in [0.2, 0.25) is 0 Å². The van der Waals surface area contributed by atoms with E-state index >= 15 is 0 Å². The smallest absolute Gasteiger partial charge is 0.185 e. The van der Waals surface area contributed by atoms with E-state index in [1.807, 2.05) is 0 Å². The molecule has 0 aromatic rings. The van der Waals surface area contributed by atoms with E-state index in [9.17, 15) is 4.79 Å². The predicted molar refractivity (Wildman–Crippen MR) is 79.6 cm³/mol. The predicted octanol–water partition coefficient (Wildman–Crippen LogP) is 5.39. The molecule has 1 nitrogen and oxygen atoms in total. The molecular formula is C15H30OS. The van der Waals surface area contributed by atoms with Gasteiger partial charge in [0.1, 0.15) is 0 Å². The molecular weight excluding hydrogens is 228 g/mol. The summed E-state index contributed by atoms with van der Waals surface area (Å²) >= 11 is 3.81. The van der Waals surface area contributed by atoms with Gasteiger partial charge in [-0.25, -0.2) is 0 Å². The van der Waals surface area contributed by atoms with Crippen molar-refractivity contribution in [1.29, 1.82) is 0 Å². The van der Waals surface area contributed by atoms with Crippen molar-refractivity contribution >= 4 is 17.7 Å². The van der Waals surface area contributed by atoms with Gasteiger partial charge in [0.05, 0.1) is 0 Å². The van der Waals surface area contributed by atoms with E-state index in [-0.39, 0.29) is 5.12 Å². The molecule has 0 heterocycles. The average molecular weight is 258 g/mol. The lowest BCUT2D eigenvalue weighted by molar-refractivity contribution is -0.110. The Bertz CT molecular complexity index is 180. The van der Waals surface area contributed by atoms with Gasteiger partial charge in [0.25, 0.3) is 0 Å². The zero-order valence-corrected chi connectivity index (χ0v) is 12.6. The van der Waals surface area contributed by atoms with E-state index in [4.69, 9.17) is 0 Å². The molecule has 0 aliphatic rings. The van der Waals surface area contributed by atoms with Gasteiger partial charge < -0.3 is 0 Å². The second kappa shape index (κ2) is 12.5. The van der Waals surface area contributed by atoms with Crippen molar-refractivity contribution in [2.24, 2.45) is 5.92 Å². The number of carbonyl (C=O) groups excluding carboxylic acids is 1. The maximum Gasteiger partial charge on any atom is 0.185 e. The van der Waals surface area contributed by atoms with Crippen molar-refractivity contribution < 1.29 is 4.79 Å². The second-order valence-electron chi connectivity index (χ2n) is 5.12. The van der Waals surface area contributed by atoms with Gasteiger partial charge in [-0.1, -0.05) is 71.6 Å². The second-order valence-corrected chi connectivity index (χ2v) is 5.62. The summed E-state index contributed by atoms with van der Waals surface area (Å²) in [4.78, 5) is 10.7. The average Bonchev–Trinajstić information content (AvgIpc) is 2.30. The van der Waals surface area contributed by atoms with Gasteiger partial charge in [-0.2, -0.15) is 0 Å². The normalized spacial score (nSPS) is 12.6. The molecule has 0 fully saturated rings.